The molecule has 5 nitrogen and oxygen atoms in total. The van der Waals surface area contributed by atoms with Gasteiger partial charge in [-0.3, -0.25) is 14.5 Å². The number of fused-ring (bicyclic) bond motifs is 1. The lowest BCUT2D eigenvalue weighted by atomic mass is 9.72. The van der Waals surface area contributed by atoms with Crippen LogP contribution in [-0.2, 0) is 4.79 Å². The third-order valence-corrected chi connectivity index (χ3v) is 9.98. The second-order valence-corrected chi connectivity index (χ2v) is 14.3. The van der Waals surface area contributed by atoms with Crippen LogP contribution in [0.15, 0.2) is 53.4 Å². The quantitative estimate of drug-likeness (QED) is 0.337. The molecule has 2 N–H and O–H groups in total. The van der Waals surface area contributed by atoms with E-state index in [1.54, 1.807) is 11.8 Å². The first-order chi connectivity index (χ1) is 19.0. The molecule has 0 spiro atoms. The van der Waals surface area contributed by atoms with Gasteiger partial charge in [0.2, 0.25) is 5.91 Å². The first kappa shape index (κ1) is 30.6. The molecule has 1 saturated heterocycles. The van der Waals surface area contributed by atoms with E-state index >= 15 is 0 Å². The smallest absolute Gasteiger partial charge is 0.251 e. The van der Waals surface area contributed by atoms with Gasteiger partial charge in [0.15, 0.2) is 0 Å². The van der Waals surface area contributed by atoms with Gasteiger partial charge in [-0.2, -0.15) is 0 Å². The molecule has 2 aromatic carbocycles. The first-order valence-corrected chi connectivity index (χ1v) is 16.1. The summed E-state index contributed by atoms with van der Waals surface area (Å²) in [7, 11) is 0. The summed E-state index contributed by atoms with van der Waals surface area (Å²) in [5, 5.41) is 6.69. The summed E-state index contributed by atoms with van der Waals surface area (Å²) < 4.78 is 0. The fraction of sp³-hybridized carbons (Fsp3) is 0.588. The summed E-state index contributed by atoms with van der Waals surface area (Å²) in [6.07, 6.45) is 6.03. The summed E-state index contributed by atoms with van der Waals surface area (Å²) >= 11 is 1.78. The molecule has 5 atom stereocenters. The molecule has 2 amide bonds. The minimum absolute atomic E-state index is 0.0141. The number of hydrogen-bond donors (Lipinski definition) is 2. The van der Waals surface area contributed by atoms with Crippen molar-refractivity contribution < 1.29 is 9.59 Å². The molecule has 1 unspecified atom stereocenters. The van der Waals surface area contributed by atoms with Crippen molar-refractivity contribution in [2.45, 2.75) is 96.2 Å². The maximum atomic E-state index is 13.6. The normalized spacial score (nSPS) is 23.1. The molecule has 4 rings (SSSR count). The molecular formula is C34H49N3O2S. The highest BCUT2D eigenvalue weighted by Gasteiger charge is 2.41. The molecule has 2 aromatic rings. The number of rotatable bonds is 9. The summed E-state index contributed by atoms with van der Waals surface area (Å²) in [5.41, 5.74) is 2.64. The van der Waals surface area contributed by atoms with Crippen molar-refractivity contribution >= 4 is 23.6 Å². The first-order valence-electron chi connectivity index (χ1n) is 15.1. The highest BCUT2D eigenvalue weighted by atomic mass is 32.2. The molecule has 1 aliphatic carbocycles. The van der Waals surface area contributed by atoms with Crippen molar-refractivity contribution in [1.29, 1.82) is 0 Å². The summed E-state index contributed by atoms with van der Waals surface area (Å²) in [5.74, 6) is 2.40. The molecule has 1 aliphatic heterocycles. The molecule has 218 valence electrons. The van der Waals surface area contributed by atoms with Crippen LogP contribution in [-0.4, -0.2) is 53.2 Å². The molecule has 2 fully saturated rings. The van der Waals surface area contributed by atoms with Gasteiger partial charge in [0.05, 0.1) is 6.04 Å². The van der Waals surface area contributed by atoms with E-state index in [2.05, 4.69) is 80.5 Å². The zero-order chi connectivity index (χ0) is 28.9. The fourth-order valence-electron chi connectivity index (χ4n) is 6.42. The number of hydrogen-bond acceptors (Lipinski definition) is 4. The van der Waals surface area contributed by atoms with Gasteiger partial charge in [-0.1, -0.05) is 56.5 Å². The van der Waals surface area contributed by atoms with E-state index in [0.29, 0.717) is 11.8 Å². The Labute approximate surface area is 246 Å². The zero-order valence-corrected chi connectivity index (χ0v) is 26.2. The second kappa shape index (κ2) is 13.6. The van der Waals surface area contributed by atoms with Gasteiger partial charge in [0.25, 0.3) is 5.91 Å². The van der Waals surface area contributed by atoms with E-state index in [9.17, 15) is 9.59 Å². The van der Waals surface area contributed by atoms with Gasteiger partial charge in [0.1, 0.15) is 0 Å². The van der Waals surface area contributed by atoms with Crippen molar-refractivity contribution in [2.24, 2.45) is 17.8 Å². The Balaban J connectivity index is 1.54. The third-order valence-electron chi connectivity index (χ3n) is 8.85. The molecule has 1 heterocycles. The standard InChI is InChI=1S/C34H49N3O2S/c1-23-13-12-18-29(25(23)3)32(38)35-30(22-40-28-16-8-7-9-17-28)24(2)20-37-21-27-15-11-10-14-26(27)19-31(37)33(39)36-34(4,5)6/h7-9,12-13,16-18,24,26-27,30-31H,10-11,14-15,19-22H2,1-6H3,(H,35,38)(H,36,39)/t24-,26?,27-,30+,31+/m1/s1. The molecule has 6 heteroatoms. The number of piperidine rings is 1. The maximum absolute atomic E-state index is 13.6. The Bertz CT molecular complexity index is 1150. The van der Waals surface area contributed by atoms with Crippen molar-refractivity contribution in [2.75, 3.05) is 18.8 Å². The minimum atomic E-state index is -0.258. The number of benzene rings is 2. The number of nitrogens with one attached hydrogen (secondary N) is 2. The predicted octanol–water partition coefficient (Wildman–Crippen LogP) is 6.63. The van der Waals surface area contributed by atoms with Crippen molar-refractivity contribution in [3.8, 4) is 0 Å². The molecule has 2 aliphatic rings. The lowest BCUT2D eigenvalue weighted by Gasteiger charge is -2.47. The van der Waals surface area contributed by atoms with Crippen LogP contribution < -0.4 is 10.6 Å². The van der Waals surface area contributed by atoms with Gasteiger partial charge in [-0.25, -0.2) is 0 Å². The number of aryl methyl sites for hydroxylation is 1. The van der Waals surface area contributed by atoms with Gasteiger partial charge < -0.3 is 10.6 Å². The highest BCUT2D eigenvalue weighted by molar-refractivity contribution is 7.99. The second-order valence-electron chi connectivity index (χ2n) is 13.2. The Kier molecular flexibility index (Phi) is 10.4. The van der Waals surface area contributed by atoms with Gasteiger partial charge >= 0.3 is 0 Å². The topological polar surface area (TPSA) is 61.4 Å². The van der Waals surface area contributed by atoms with E-state index in [1.165, 1.54) is 30.6 Å². The van der Waals surface area contributed by atoms with E-state index in [1.807, 2.05) is 25.1 Å². The monoisotopic (exact) mass is 563 g/mol. The summed E-state index contributed by atoms with van der Waals surface area (Å²) in [6.45, 7) is 14.3. The summed E-state index contributed by atoms with van der Waals surface area (Å²) in [6, 6.07) is 16.2. The minimum Gasteiger partial charge on any atom is -0.350 e. The van der Waals surface area contributed by atoms with Crippen LogP contribution in [0.2, 0.25) is 0 Å². The van der Waals surface area contributed by atoms with E-state index in [0.717, 1.165) is 42.0 Å². The Morgan fingerprint density at radius 3 is 2.40 bits per heavy atom. The lowest BCUT2D eigenvalue weighted by Crippen LogP contribution is -2.59. The predicted molar refractivity (Wildman–Crippen MR) is 167 cm³/mol. The van der Waals surface area contributed by atoms with Crippen LogP contribution in [0.1, 0.15) is 81.3 Å². The number of amides is 2. The van der Waals surface area contributed by atoms with Crippen molar-refractivity contribution in [3.63, 3.8) is 0 Å². The number of nitrogens with zero attached hydrogens (tertiary/aromatic N) is 1. The molecule has 40 heavy (non-hydrogen) atoms. The molecule has 0 aromatic heterocycles. The van der Waals surface area contributed by atoms with Crippen LogP contribution >= 0.6 is 11.8 Å². The zero-order valence-electron chi connectivity index (χ0n) is 25.3. The van der Waals surface area contributed by atoms with E-state index in [-0.39, 0.29) is 35.4 Å². The van der Waals surface area contributed by atoms with Gasteiger partial charge in [0, 0.05) is 40.9 Å². The molecule has 0 radical (unpaired) electrons. The number of likely N-dealkylation sites (tertiary alicyclic amines) is 1. The molecular weight excluding hydrogens is 514 g/mol. The SMILES string of the molecule is Cc1cccc(C(=O)N[C@@H](CSc2ccccc2)[C@H](C)CN2C[C@H]3CCCCC3C[C@H]2C(=O)NC(C)(C)C)c1C. The number of thioether (sulfide) groups is 1. The van der Waals surface area contributed by atoms with E-state index < -0.39 is 0 Å². The third kappa shape index (κ3) is 8.13. The van der Waals surface area contributed by atoms with Crippen LogP contribution in [0.4, 0.5) is 0 Å². The Hall–Kier alpha value is -2.31. The van der Waals surface area contributed by atoms with Crippen molar-refractivity contribution in [3.05, 3.63) is 65.2 Å². The Morgan fingerprint density at radius 2 is 1.70 bits per heavy atom. The van der Waals surface area contributed by atoms with E-state index in [4.69, 9.17) is 0 Å². The van der Waals surface area contributed by atoms with Crippen LogP contribution in [0, 0.1) is 31.6 Å². The van der Waals surface area contributed by atoms with Gasteiger partial charge in [-0.05, 0) is 94.5 Å². The number of carbonyl (C=O) groups is 2. The van der Waals surface area contributed by atoms with Crippen LogP contribution in [0.3, 0.4) is 0 Å². The average molecular weight is 564 g/mol. The van der Waals surface area contributed by atoms with Crippen molar-refractivity contribution in [1.82, 2.24) is 15.5 Å². The van der Waals surface area contributed by atoms with Crippen LogP contribution in [0.5, 0.6) is 0 Å². The molecule has 0 bridgehead atoms. The van der Waals surface area contributed by atoms with Gasteiger partial charge in [-0.15, -0.1) is 11.8 Å². The maximum Gasteiger partial charge on any atom is 0.251 e. The highest BCUT2D eigenvalue weighted by Crippen LogP contribution is 2.39. The largest absolute Gasteiger partial charge is 0.350 e. The summed E-state index contributed by atoms with van der Waals surface area (Å²) in [4.78, 5) is 30.8. The Morgan fingerprint density at radius 1 is 1.00 bits per heavy atom. The fourth-order valence-corrected chi connectivity index (χ4v) is 7.55. The number of carbonyl (C=O) groups excluding carboxylic acids is 2. The lowest BCUT2D eigenvalue weighted by molar-refractivity contribution is -0.132. The molecule has 1 saturated carbocycles. The van der Waals surface area contributed by atoms with Crippen LogP contribution in [0.25, 0.3) is 0 Å². The average Bonchev–Trinajstić information content (AvgIpc) is 2.91.